The Hall–Kier alpha value is -3.28. The van der Waals surface area contributed by atoms with E-state index in [9.17, 15) is 5.11 Å². The Kier molecular flexibility index (Phi) is 3.23. The van der Waals surface area contributed by atoms with Gasteiger partial charge in [0.2, 0.25) is 5.95 Å². The molecule has 0 fully saturated rings. The first-order valence-corrected chi connectivity index (χ1v) is 7.65. The van der Waals surface area contributed by atoms with Crippen molar-refractivity contribution in [1.29, 1.82) is 0 Å². The van der Waals surface area contributed by atoms with E-state index in [0.717, 1.165) is 22.1 Å². The molecule has 0 aliphatic carbocycles. The van der Waals surface area contributed by atoms with Gasteiger partial charge in [0.05, 0.1) is 5.39 Å². The molecular weight excluding hydrogens is 302 g/mol. The number of hydrogen-bond donors (Lipinski definition) is 3. The van der Waals surface area contributed by atoms with E-state index in [1.807, 2.05) is 36.2 Å². The maximum atomic E-state index is 9.83. The number of benzene rings is 2. The second kappa shape index (κ2) is 5.42. The molecule has 0 unspecified atom stereocenters. The molecule has 6 nitrogen and oxygen atoms in total. The minimum Gasteiger partial charge on any atom is -0.508 e. The summed E-state index contributed by atoms with van der Waals surface area (Å²) in [5.74, 6) is 1.16. The quantitative estimate of drug-likeness (QED) is 0.540. The van der Waals surface area contributed by atoms with Crippen LogP contribution in [-0.2, 0) is 6.54 Å². The largest absolute Gasteiger partial charge is 0.508 e. The average molecular weight is 319 g/mol. The second-order valence-electron chi connectivity index (χ2n) is 5.83. The highest BCUT2D eigenvalue weighted by Crippen LogP contribution is 2.33. The Morgan fingerprint density at radius 2 is 1.92 bits per heavy atom. The molecule has 4 rings (SSSR count). The maximum absolute atomic E-state index is 9.83. The third-order valence-corrected chi connectivity index (χ3v) is 4.06. The van der Waals surface area contributed by atoms with Crippen LogP contribution in [0.5, 0.6) is 5.75 Å². The van der Waals surface area contributed by atoms with Crippen molar-refractivity contribution < 1.29 is 5.11 Å². The van der Waals surface area contributed by atoms with Crippen LogP contribution in [0, 0.1) is 0 Å². The fourth-order valence-corrected chi connectivity index (χ4v) is 2.99. The first-order valence-electron chi connectivity index (χ1n) is 7.65. The lowest BCUT2D eigenvalue weighted by Crippen LogP contribution is -2.18. The van der Waals surface area contributed by atoms with Crippen molar-refractivity contribution in [3.05, 3.63) is 54.1 Å². The van der Waals surface area contributed by atoms with Gasteiger partial charge in [-0.25, -0.2) is 0 Å². The van der Waals surface area contributed by atoms with Gasteiger partial charge in [-0.3, -0.25) is 0 Å². The van der Waals surface area contributed by atoms with Crippen molar-refractivity contribution >= 4 is 33.7 Å². The first kappa shape index (κ1) is 14.3. The molecule has 4 aromatic rings. The molecule has 120 valence electrons. The van der Waals surface area contributed by atoms with Crippen LogP contribution in [0.2, 0.25) is 0 Å². The Morgan fingerprint density at radius 1 is 1.12 bits per heavy atom. The number of anilines is 2. The summed E-state index contributed by atoms with van der Waals surface area (Å²) in [7, 11) is 1.97. The third-order valence-electron chi connectivity index (χ3n) is 4.06. The number of phenolic OH excluding ortho intramolecular Hbond substituents is 1. The van der Waals surface area contributed by atoms with Crippen LogP contribution < -0.4 is 10.6 Å². The molecule has 0 radical (unpaired) electrons. The SMILES string of the molecule is CN(Cc1ccccc1)c1nc(N)nc2[nH]c3ccc(O)cc3c12. The summed E-state index contributed by atoms with van der Waals surface area (Å²) in [6, 6.07) is 15.3. The van der Waals surface area contributed by atoms with Crippen LogP contribution in [-0.4, -0.2) is 27.1 Å². The summed E-state index contributed by atoms with van der Waals surface area (Å²) >= 11 is 0. The number of aromatic nitrogens is 3. The van der Waals surface area contributed by atoms with Gasteiger partial charge in [0.1, 0.15) is 17.2 Å². The number of nitrogen functional groups attached to an aromatic ring is 1. The summed E-state index contributed by atoms with van der Waals surface area (Å²) < 4.78 is 0. The van der Waals surface area contributed by atoms with Crippen LogP contribution in [0.15, 0.2) is 48.5 Å². The molecule has 0 spiro atoms. The number of rotatable bonds is 3. The fourth-order valence-electron chi connectivity index (χ4n) is 2.99. The van der Waals surface area contributed by atoms with E-state index in [1.165, 1.54) is 5.56 Å². The smallest absolute Gasteiger partial charge is 0.223 e. The summed E-state index contributed by atoms with van der Waals surface area (Å²) in [6.45, 7) is 0.692. The monoisotopic (exact) mass is 319 g/mol. The van der Waals surface area contributed by atoms with Crippen molar-refractivity contribution in [1.82, 2.24) is 15.0 Å². The van der Waals surface area contributed by atoms with E-state index in [-0.39, 0.29) is 11.7 Å². The van der Waals surface area contributed by atoms with Crippen molar-refractivity contribution in [2.24, 2.45) is 0 Å². The number of nitrogens with one attached hydrogen (secondary N) is 1. The standard InChI is InChI=1S/C18H17N5O/c1-23(10-11-5-3-2-4-6-11)17-15-13-9-12(24)7-8-14(13)20-16(15)21-18(19)22-17/h2-9,24H,10H2,1H3,(H3,19,20,21,22). The maximum Gasteiger partial charge on any atom is 0.223 e. The molecule has 0 bridgehead atoms. The molecule has 2 heterocycles. The number of nitrogens with two attached hydrogens (primary N) is 1. The van der Waals surface area contributed by atoms with Crippen molar-refractivity contribution in [3.63, 3.8) is 0 Å². The Balaban J connectivity index is 1.90. The molecule has 0 amide bonds. The van der Waals surface area contributed by atoms with Gasteiger partial charge < -0.3 is 20.7 Å². The minimum absolute atomic E-state index is 0.205. The molecule has 24 heavy (non-hydrogen) atoms. The summed E-state index contributed by atoms with van der Waals surface area (Å²) in [5.41, 5.74) is 8.61. The molecule has 6 heteroatoms. The molecule has 0 atom stereocenters. The predicted molar refractivity (Wildman–Crippen MR) is 96.0 cm³/mol. The number of hydrogen-bond acceptors (Lipinski definition) is 5. The van der Waals surface area contributed by atoms with E-state index in [0.29, 0.717) is 12.2 Å². The highest BCUT2D eigenvalue weighted by atomic mass is 16.3. The summed E-state index contributed by atoms with van der Waals surface area (Å²) in [6.07, 6.45) is 0. The zero-order valence-corrected chi connectivity index (χ0v) is 13.2. The zero-order valence-electron chi connectivity index (χ0n) is 13.2. The van der Waals surface area contributed by atoms with Crippen molar-refractivity contribution in [3.8, 4) is 5.75 Å². The predicted octanol–water partition coefficient (Wildman–Crippen LogP) is 3.04. The number of aromatic amines is 1. The van der Waals surface area contributed by atoms with E-state index in [2.05, 4.69) is 27.1 Å². The fraction of sp³-hybridized carbons (Fsp3) is 0.111. The summed E-state index contributed by atoms with van der Waals surface area (Å²) in [5, 5.41) is 11.6. The number of fused-ring (bicyclic) bond motifs is 3. The van der Waals surface area contributed by atoms with E-state index in [1.54, 1.807) is 12.1 Å². The lowest BCUT2D eigenvalue weighted by molar-refractivity contribution is 0.476. The molecule has 2 aromatic heterocycles. The summed E-state index contributed by atoms with van der Waals surface area (Å²) in [4.78, 5) is 14.0. The minimum atomic E-state index is 0.205. The molecule has 0 aliphatic rings. The van der Waals surface area contributed by atoms with Gasteiger partial charge in [0, 0.05) is 24.5 Å². The number of phenols is 1. The topological polar surface area (TPSA) is 91.1 Å². The van der Waals surface area contributed by atoms with Crippen molar-refractivity contribution in [2.75, 3.05) is 17.7 Å². The van der Waals surface area contributed by atoms with E-state index in [4.69, 9.17) is 5.73 Å². The zero-order chi connectivity index (χ0) is 16.7. The molecule has 0 aliphatic heterocycles. The van der Waals surface area contributed by atoms with Crippen LogP contribution in [0.4, 0.5) is 11.8 Å². The van der Waals surface area contributed by atoms with Gasteiger partial charge >= 0.3 is 0 Å². The molecule has 4 N–H and O–H groups in total. The van der Waals surface area contributed by atoms with Gasteiger partial charge in [-0.15, -0.1) is 0 Å². The lowest BCUT2D eigenvalue weighted by atomic mass is 10.1. The highest BCUT2D eigenvalue weighted by molar-refractivity contribution is 6.11. The van der Waals surface area contributed by atoms with Gasteiger partial charge in [0.25, 0.3) is 0 Å². The second-order valence-corrected chi connectivity index (χ2v) is 5.83. The lowest BCUT2D eigenvalue weighted by Gasteiger charge is -2.19. The number of H-pyrrole nitrogens is 1. The van der Waals surface area contributed by atoms with Crippen LogP contribution in [0.25, 0.3) is 21.9 Å². The molecule has 0 saturated heterocycles. The Labute approximate surface area is 138 Å². The number of nitrogens with zero attached hydrogens (tertiary/aromatic N) is 3. The van der Waals surface area contributed by atoms with Crippen molar-refractivity contribution in [2.45, 2.75) is 6.54 Å². The van der Waals surface area contributed by atoms with Crippen LogP contribution >= 0.6 is 0 Å². The van der Waals surface area contributed by atoms with E-state index < -0.39 is 0 Å². The third kappa shape index (κ3) is 2.38. The van der Waals surface area contributed by atoms with Crippen LogP contribution in [0.3, 0.4) is 0 Å². The molecule has 0 saturated carbocycles. The Morgan fingerprint density at radius 3 is 2.71 bits per heavy atom. The highest BCUT2D eigenvalue weighted by Gasteiger charge is 2.16. The van der Waals surface area contributed by atoms with Gasteiger partial charge in [-0.05, 0) is 23.8 Å². The van der Waals surface area contributed by atoms with Gasteiger partial charge in [-0.2, -0.15) is 9.97 Å². The first-order chi connectivity index (χ1) is 11.6. The van der Waals surface area contributed by atoms with Gasteiger partial charge in [-0.1, -0.05) is 30.3 Å². The molecule has 2 aromatic carbocycles. The Bertz CT molecular complexity index is 1030. The van der Waals surface area contributed by atoms with Gasteiger partial charge in [0.15, 0.2) is 0 Å². The van der Waals surface area contributed by atoms with E-state index >= 15 is 0 Å². The number of aromatic hydroxyl groups is 1. The molecular formula is C18H17N5O. The van der Waals surface area contributed by atoms with Crippen LogP contribution in [0.1, 0.15) is 5.56 Å². The average Bonchev–Trinajstić information content (AvgIpc) is 2.92. The normalized spacial score (nSPS) is 11.2.